The van der Waals surface area contributed by atoms with Gasteiger partial charge in [0.1, 0.15) is 6.10 Å². The standard InChI is InChI=1S/C22H33BrO5/c1-12(26)28-17-9-21(3)14-4-5-20(2,19(23)10-24)7-13(14)16(27)6-18(21)22(11-25)8-15(17)22/h4,13,15-19,24-25,27H,5-11H2,1-3H3/t13-,15+,16-,17-,18+,19+,20+,21+,22-/m1/s1. The first-order valence-electron chi connectivity index (χ1n) is 10.5. The van der Waals surface area contributed by atoms with Crippen LogP contribution < -0.4 is 0 Å². The van der Waals surface area contributed by atoms with Crippen molar-refractivity contribution < 1.29 is 24.9 Å². The second-order valence-corrected chi connectivity index (χ2v) is 11.4. The summed E-state index contributed by atoms with van der Waals surface area (Å²) < 4.78 is 5.71. The number of halogens is 1. The first-order chi connectivity index (χ1) is 13.1. The second kappa shape index (κ2) is 6.79. The van der Waals surface area contributed by atoms with Gasteiger partial charge in [-0.15, -0.1) is 0 Å². The summed E-state index contributed by atoms with van der Waals surface area (Å²) in [6.45, 7) is 6.05. The van der Waals surface area contributed by atoms with Gasteiger partial charge in [0.05, 0.1) is 12.7 Å². The minimum absolute atomic E-state index is 0.00715. The molecule has 3 N–H and O–H groups in total. The third kappa shape index (κ3) is 2.85. The van der Waals surface area contributed by atoms with Crippen molar-refractivity contribution in [2.45, 2.75) is 69.9 Å². The molecule has 4 aliphatic rings. The molecule has 0 radical (unpaired) electrons. The van der Waals surface area contributed by atoms with E-state index in [4.69, 9.17) is 4.74 Å². The van der Waals surface area contributed by atoms with Gasteiger partial charge in [0.2, 0.25) is 0 Å². The summed E-state index contributed by atoms with van der Waals surface area (Å²) in [6, 6.07) is 0. The van der Waals surface area contributed by atoms with Crippen molar-refractivity contribution in [3.8, 4) is 0 Å². The highest BCUT2D eigenvalue weighted by atomic mass is 79.9. The number of carbonyl (C=O) groups is 1. The number of alkyl halides is 1. The van der Waals surface area contributed by atoms with Gasteiger partial charge in [0, 0.05) is 35.6 Å². The Labute approximate surface area is 175 Å². The average Bonchev–Trinajstić information content (AvgIpc) is 3.39. The number of fused-ring (bicyclic) bond motifs is 5. The Bertz CT molecular complexity index is 694. The summed E-state index contributed by atoms with van der Waals surface area (Å²) in [5, 5.41) is 31.1. The summed E-state index contributed by atoms with van der Waals surface area (Å²) in [6.07, 6.45) is 5.70. The van der Waals surface area contributed by atoms with Crippen molar-refractivity contribution in [1.82, 2.24) is 0 Å². The molecule has 0 saturated heterocycles. The van der Waals surface area contributed by atoms with Crippen LogP contribution in [0.4, 0.5) is 0 Å². The molecule has 158 valence electrons. The summed E-state index contributed by atoms with van der Waals surface area (Å²) in [5.74, 6) is 0.212. The van der Waals surface area contributed by atoms with Gasteiger partial charge in [0.15, 0.2) is 0 Å². The Morgan fingerprint density at radius 3 is 2.64 bits per heavy atom. The molecule has 0 amide bonds. The first-order valence-corrected chi connectivity index (χ1v) is 11.4. The van der Waals surface area contributed by atoms with E-state index in [9.17, 15) is 20.1 Å². The zero-order chi connectivity index (χ0) is 20.5. The van der Waals surface area contributed by atoms with Crippen LogP contribution >= 0.6 is 15.9 Å². The molecule has 4 rings (SSSR count). The quantitative estimate of drug-likeness (QED) is 0.344. The molecule has 0 unspecified atom stereocenters. The van der Waals surface area contributed by atoms with Gasteiger partial charge >= 0.3 is 5.97 Å². The number of aliphatic hydroxyl groups excluding tert-OH is 3. The number of hydrogen-bond donors (Lipinski definition) is 3. The molecule has 3 saturated carbocycles. The Kier molecular flexibility index (Phi) is 5.05. The molecule has 9 atom stereocenters. The van der Waals surface area contributed by atoms with Gasteiger partial charge in [0.25, 0.3) is 0 Å². The summed E-state index contributed by atoms with van der Waals surface area (Å²) in [7, 11) is 0. The molecule has 3 fully saturated rings. The van der Waals surface area contributed by atoms with Crippen LogP contribution in [0.15, 0.2) is 11.6 Å². The van der Waals surface area contributed by atoms with Crippen LogP contribution in [-0.4, -0.2) is 51.5 Å². The average molecular weight is 457 g/mol. The minimum Gasteiger partial charge on any atom is -0.462 e. The predicted molar refractivity (Wildman–Crippen MR) is 109 cm³/mol. The van der Waals surface area contributed by atoms with Gasteiger partial charge in [-0.25, -0.2) is 0 Å². The number of esters is 1. The van der Waals surface area contributed by atoms with Gasteiger partial charge < -0.3 is 20.1 Å². The van der Waals surface area contributed by atoms with E-state index in [-0.39, 0.29) is 64.1 Å². The van der Waals surface area contributed by atoms with Crippen LogP contribution in [0.5, 0.6) is 0 Å². The topological polar surface area (TPSA) is 87.0 Å². The number of rotatable bonds is 4. The van der Waals surface area contributed by atoms with Gasteiger partial charge in [-0.1, -0.05) is 41.4 Å². The number of aliphatic hydroxyl groups is 3. The Hall–Kier alpha value is -0.430. The predicted octanol–water partition coefficient (Wildman–Crippen LogP) is 2.81. The van der Waals surface area contributed by atoms with Crippen molar-refractivity contribution in [2.24, 2.45) is 34.0 Å². The van der Waals surface area contributed by atoms with Crippen LogP contribution in [0.2, 0.25) is 0 Å². The third-order valence-electron chi connectivity index (χ3n) is 8.72. The van der Waals surface area contributed by atoms with E-state index in [1.807, 2.05) is 0 Å². The van der Waals surface area contributed by atoms with Crippen LogP contribution in [0.3, 0.4) is 0 Å². The maximum atomic E-state index is 11.7. The largest absolute Gasteiger partial charge is 0.462 e. The van der Waals surface area contributed by atoms with Crippen LogP contribution in [-0.2, 0) is 9.53 Å². The summed E-state index contributed by atoms with van der Waals surface area (Å²) >= 11 is 3.63. The second-order valence-electron chi connectivity index (χ2n) is 10.3. The van der Waals surface area contributed by atoms with Crippen molar-refractivity contribution >= 4 is 21.9 Å². The van der Waals surface area contributed by atoms with E-state index in [0.717, 1.165) is 25.7 Å². The van der Waals surface area contributed by atoms with E-state index >= 15 is 0 Å². The van der Waals surface area contributed by atoms with E-state index in [0.29, 0.717) is 6.42 Å². The highest BCUT2D eigenvalue weighted by Gasteiger charge is 2.72. The lowest BCUT2D eigenvalue weighted by molar-refractivity contribution is -0.158. The van der Waals surface area contributed by atoms with E-state index in [2.05, 4.69) is 35.9 Å². The fourth-order valence-electron chi connectivity index (χ4n) is 7.10. The molecule has 0 bridgehead atoms. The zero-order valence-electron chi connectivity index (χ0n) is 17.0. The molecule has 28 heavy (non-hydrogen) atoms. The lowest BCUT2D eigenvalue weighted by atomic mass is 9.48. The zero-order valence-corrected chi connectivity index (χ0v) is 18.6. The number of ether oxygens (including phenoxy) is 1. The fraction of sp³-hybridized carbons (Fsp3) is 0.864. The van der Waals surface area contributed by atoms with Crippen molar-refractivity contribution in [2.75, 3.05) is 13.2 Å². The molecule has 6 heteroatoms. The smallest absolute Gasteiger partial charge is 0.302 e. The van der Waals surface area contributed by atoms with Crippen molar-refractivity contribution in [3.05, 3.63) is 11.6 Å². The molecule has 0 aromatic rings. The van der Waals surface area contributed by atoms with E-state index < -0.39 is 6.10 Å². The number of carbonyl (C=O) groups excluding carboxylic acids is 1. The van der Waals surface area contributed by atoms with Crippen LogP contribution in [0, 0.1) is 34.0 Å². The molecule has 0 aromatic carbocycles. The highest BCUT2D eigenvalue weighted by Crippen LogP contribution is 2.74. The fourth-order valence-corrected chi connectivity index (χ4v) is 7.48. The van der Waals surface area contributed by atoms with Gasteiger partial charge in [-0.05, 0) is 48.9 Å². The maximum Gasteiger partial charge on any atom is 0.302 e. The SMILES string of the molecule is CC(=O)O[C@@H]1C[C@@]2(C)C3=CC[C@](C)([C@@H](Br)CO)C[C@H]3[C@H](O)C[C@@H]2[C@@]2(CO)C[C@@H]12. The lowest BCUT2D eigenvalue weighted by Gasteiger charge is -2.58. The molecule has 4 aliphatic carbocycles. The molecule has 0 spiro atoms. The Morgan fingerprint density at radius 1 is 1.32 bits per heavy atom. The van der Waals surface area contributed by atoms with E-state index in [1.165, 1.54) is 12.5 Å². The Balaban J connectivity index is 1.71. The third-order valence-corrected chi connectivity index (χ3v) is 10.1. The van der Waals surface area contributed by atoms with Gasteiger partial charge in [-0.3, -0.25) is 4.79 Å². The summed E-state index contributed by atoms with van der Waals surface area (Å²) in [4.78, 5) is 11.7. The molecule has 0 aromatic heterocycles. The maximum absolute atomic E-state index is 11.7. The molecule has 5 nitrogen and oxygen atoms in total. The Morgan fingerprint density at radius 2 is 2.04 bits per heavy atom. The number of allylic oxidation sites excluding steroid dienone is 1. The monoisotopic (exact) mass is 456 g/mol. The minimum atomic E-state index is -0.433. The number of hydrogen-bond acceptors (Lipinski definition) is 5. The highest BCUT2D eigenvalue weighted by molar-refractivity contribution is 9.09. The molecule has 0 aliphatic heterocycles. The van der Waals surface area contributed by atoms with Crippen molar-refractivity contribution in [3.63, 3.8) is 0 Å². The van der Waals surface area contributed by atoms with Gasteiger partial charge in [-0.2, -0.15) is 0 Å². The molecular weight excluding hydrogens is 424 g/mol. The van der Waals surface area contributed by atoms with Crippen molar-refractivity contribution in [1.29, 1.82) is 0 Å². The normalized spacial score (nSPS) is 50.5. The molecular formula is C22H33BrO5. The van der Waals surface area contributed by atoms with Crippen LogP contribution in [0.25, 0.3) is 0 Å². The lowest BCUT2D eigenvalue weighted by Crippen LogP contribution is -2.56. The molecule has 0 heterocycles. The van der Waals surface area contributed by atoms with Crippen LogP contribution in [0.1, 0.15) is 52.9 Å². The first kappa shape index (κ1) is 20.8. The van der Waals surface area contributed by atoms with E-state index in [1.54, 1.807) is 0 Å². The summed E-state index contributed by atoms with van der Waals surface area (Å²) in [5.41, 5.74) is 0.765.